The molecule has 0 saturated heterocycles. The number of hydrogen-bond acceptors (Lipinski definition) is 3. The number of aliphatic hydroxyl groups is 3. The maximum absolute atomic E-state index is 10.4. The monoisotopic (exact) mass is 430 g/mol. The molecule has 0 aromatic carbocycles. The third-order valence-corrected chi connectivity index (χ3v) is 9.00. The first-order valence-electron chi connectivity index (χ1n) is 12.6. The Morgan fingerprint density at radius 1 is 1.16 bits per heavy atom. The van der Waals surface area contributed by atoms with Gasteiger partial charge in [0.05, 0.1) is 17.8 Å². The van der Waals surface area contributed by atoms with Gasteiger partial charge in [-0.15, -0.1) is 0 Å². The molecule has 0 heterocycles. The van der Waals surface area contributed by atoms with E-state index in [9.17, 15) is 15.3 Å². The summed E-state index contributed by atoms with van der Waals surface area (Å²) in [5.41, 5.74) is 3.00. The van der Waals surface area contributed by atoms with Crippen LogP contribution in [-0.4, -0.2) is 33.1 Å². The lowest BCUT2D eigenvalue weighted by molar-refractivity contribution is 0.0137. The van der Waals surface area contributed by atoms with Crippen LogP contribution in [0.3, 0.4) is 0 Å². The lowest BCUT2D eigenvalue weighted by Crippen LogP contribution is -2.39. The first kappa shape index (κ1) is 24.7. The highest BCUT2D eigenvalue weighted by Crippen LogP contribution is 2.60. The van der Waals surface area contributed by atoms with E-state index in [0.29, 0.717) is 47.5 Å². The fourth-order valence-electron chi connectivity index (χ4n) is 7.24. The molecule has 0 aromatic heterocycles. The van der Waals surface area contributed by atoms with Crippen LogP contribution in [0, 0.1) is 29.1 Å². The van der Waals surface area contributed by atoms with Gasteiger partial charge in [0.2, 0.25) is 0 Å². The van der Waals surface area contributed by atoms with Gasteiger partial charge in [-0.1, -0.05) is 57.1 Å². The molecule has 3 fully saturated rings. The van der Waals surface area contributed by atoms with E-state index in [1.807, 2.05) is 13.8 Å². The average molecular weight is 431 g/mol. The number of hydrogen-bond donors (Lipinski definition) is 3. The molecule has 3 saturated carbocycles. The van der Waals surface area contributed by atoms with Gasteiger partial charge in [0, 0.05) is 0 Å². The van der Waals surface area contributed by atoms with Crippen molar-refractivity contribution in [1.29, 1.82) is 0 Å². The lowest BCUT2D eigenvalue weighted by atomic mass is 9.59. The first-order chi connectivity index (χ1) is 14.5. The smallest absolute Gasteiger partial charge is 0.0809 e. The molecule has 0 aliphatic heterocycles. The molecule has 3 aliphatic carbocycles. The summed E-state index contributed by atoms with van der Waals surface area (Å²) in [4.78, 5) is 0. The molecule has 3 aliphatic rings. The maximum Gasteiger partial charge on any atom is 0.0809 e. The Morgan fingerprint density at radius 2 is 1.81 bits per heavy atom. The largest absolute Gasteiger partial charge is 0.390 e. The zero-order chi connectivity index (χ0) is 23.0. The summed E-state index contributed by atoms with van der Waals surface area (Å²) in [7, 11) is 0. The van der Waals surface area contributed by atoms with E-state index < -0.39 is 17.8 Å². The summed E-state index contributed by atoms with van der Waals surface area (Å²) in [5, 5.41) is 30.8. The van der Waals surface area contributed by atoms with Crippen molar-refractivity contribution in [3.8, 4) is 0 Å². The predicted octanol–water partition coefficient (Wildman–Crippen LogP) is 5.95. The lowest BCUT2D eigenvalue weighted by Gasteiger charge is -2.46. The summed E-state index contributed by atoms with van der Waals surface area (Å²) >= 11 is 0. The Bertz CT molecular complexity index is 696. The van der Waals surface area contributed by atoms with Gasteiger partial charge in [-0.25, -0.2) is 0 Å². The van der Waals surface area contributed by atoms with Crippen LogP contribution in [0.4, 0.5) is 0 Å². The molecule has 0 aromatic rings. The Labute approximate surface area is 190 Å². The molecule has 7 atom stereocenters. The standard InChI is InChI=1S/C28H46O3/c1-7-21(17-27(4,5)31)18(2)23-12-13-24-22(9-8-14-28(23,24)6)11-10-20-15-25(29)19(3)26(30)16-20/h10-11,18,21,23-26,29-31H,3,7-9,12-17H2,1-2,4-6H3/b22-11+/t18-,21+,23-,24+,25-,26-,28-/m1/s1. The second-order valence-corrected chi connectivity index (χ2v) is 11.7. The molecule has 3 N–H and O–H groups in total. The Morgan fingerprint density at radius 3 is 2.39 bits per heavy atom. The molecular weight excluding hydrogens is 384 g/mol. The van der Waals surface area contributed by atoms with Crippen LogP contribution in [-0.2, 0) is 0 Å². The normalized spacial score (nSPS) is 37.6. The number of rotatable bonds is 6. The summed E-state index contributed by atoms with van der Waals surface area (Å²) < 4.78 is 0. The van der Waals surface area contributed by atoms with Crippen molar-refractivity contribution < 1.29 is 15.3 Å². The molecule has 0 unspecified atom stereocenters. The van der Waals surface area contributed by atoms with Gasteiger partial charge in [-0.05, 0) is 99.9 Å². The van der Waals surface area contributed by atoms with Gasteiger partial charge >= 0.3 is 0 Å². The maximum atomic E-state index is 10.4. The molecule has 0 spiro atoms. The molecule has 3 rings (SSSR count). The minimum absolute atomic E-state index is 0.342. The van der Waals surface area contributed by atoms with Crippen molar-refractivity contribution in [1.82, 2.24) is 0 Å². The third kappa shape index (κ3) is 5.37. The van der Waals surface area contributed by atoms with E-state index >= 15 is 0 Å². The van der Waals surface area contributed by atoms with Crippen molar-refractivity contribution in [2.45, 2.75) is 110 Å². The van der Waals surface area contributed by atoms with Crippen molar-refractivity contribution in [3.63, 3.8) is 0 Å². The van der Waals surface area contributed by atoms with Crippen LogP contribution < -0.4 is 0 Å². The van der Waals surface area contributed by atoms with Gasteiger partial charge in [0.25, 0.3) is 0 Å². The Kier molecular flexibility index (Phi) is 7.61. The van der Waals surface area contributed by atoms with E-state index in [1.54, 1.807) is 5.57 Å². The van der Waals surface area contributed by atoms with Crippen LogP contribution in [0.5, 0.6) is 0 Å². The van der Waals surface area contributed by atoms with E-state index in [-0.39, 0.29) is 0 Å². The van der Waals surface area contributed by atoms with Crippen LogP contribution in [0.1, 0.15) is 92.4 Å². The molecule has 176 valence electrons. The van der Waals surface area contributed by atoms with E-state index in [1.165, 1.54) is 32.1 Å². The highest BCUT2D eigenvalue weighted by Gasteiger charge is 2.51. The minimum Gasteiger partial charge on any atom is -0.390 e. The molecule has 0 bridgehead atoms. The highest BCUT2D eigenvalue weighted by molar-refractivity contribution is 5.29. The Hall–Kier alpha value is -0.900. The van der Waals surface area contributed by atoms with Crippen molar-refractivity contribution in [3.05, 3.63) is 35.5 Å². The first-order valence-corrected chi connectivity index (χ1v) is 12.6. The summed E-state index contributed by atoms with van der Waals surface area (Å²) in [5.74, 6) is 2.54. The summed E-state index contributed by atoms with van der Waals surface area (Å²) in [6.07, 6.45) is 12.7. The number of aliphatic hydroxyl groups excluding tert-OH is 2. The van der Waals surface area contributed by atoms with Crippen LogP contribution in [0.15, 0.2) is 35.5 Å². The van der Waals surface area contributed by atoms with E-state index in [0.717, 1.165) is 18.4 Å². The third-order valence-electron chi connectivity index (χ3n) is 9.00. The van der Waals surface area contributed by atoms with Crippen molar-refractivity contribution in [2.24, 2.45) is 29.1 Å². The highest BCUT2D eigenvalue weighted by atomic mass is 16.3. The van der Waals surface area contributed by atoms with Gasteiger partial charge in [-0.3, -0.25) is 0 Å². The Balaban J connectivity index is 1.77. The molecule has 0 amide bonds. The molecular formula is C28H46O3. The zero-order valence-electron chi connectivity index (χ0n) is 20.5. The molecule has 31 heavy (non-hydrogen) atoms. The van der Waals surface area contributed by atoms with Gasteiger partial charge in [0.1, 0.15) is 0 Å². The quantitative estimate of drug-likeness (QED) is 0.456. The molecule has 3 nitrogen and oxygen atoms in total. The van der Waals surface area contributed by atoms with E-state index in [4.69, 9.17) is 0 Å². The van der Waals surface area contributed by atoms with Gasteiger partial charge in [-0.2, -0.15) is 0 Å². The van der Waals surface area contributed by atoms with Gasteiger partial charge < -0.3 is 15.3 Å². The topological polar surface area (TPSA) is 60.7 Å². The summed E-state index contributed by atoms with van der Waals surface area (Å²) in [6, 6.07) is 0. The van der Waals surface area contributed by atoms with Crippen LogP contribution >= 0.6 is 0 Å². The van der Waals surface area contributed by atoms with Gasteiger partial charge in [0.15, 0.2) is 0 Å². The zero-order valence-corrected chi connectivity index (χ0v) is 20.5. The number of fused-ring (bicyclic) bond motifs is 1. The van der Waals surface area contributed by atoms with Crippen molar-refractivity contribution in [2.75, 3.05) is 0 Å². The molecule has 0 radical (unpaired) electrons. The van der Waals surface area contributed by atoms with Crippen LogP contribution in [0.2, 0.25) is 0 Å². The van der Waals surface area contributed by atoms with Crippen molar-refractivity contribution >= 4 is 0 Å². The minimum atomic E-state index is -0.622. The second-order valence-electron chi connectivity index (χ2n) is 11.7. The number of allylic oxidation sites excluding steroid dienone is 3. The average Bonchev–Trinajstić information content (AvgIpc) is 3.04. The fraction of sp³-hybridized carbons (Fsp3) is 0.786. The predicted molar refractivity (Wildman–Crippen MR) is 129 cm³/mol. The molecule has 3 heteroatoms. The summed E-state index contributed by atoms with van der Waals surface area (Å²) in [6.45, 7) is 15.0. The second kappa shape index (κ2) is 9.53. The SMILES string of the molecule is C=C1[C@H](O)CC(=C/C=C2\CCC[C@]3(C)[C@@H]([C@H](C)[C@@H](CC)CC(C)(C)O)CC[C@@H]23)C[C@H]1O. The fourth-order valence-corrected chi connectivity index (χ4v) is 7.24. The van der Waals surface area contributed by atoms with Crippen LogP contribution in [0.25, 0.3) is 0 Å². The van der Waals surface area contributed by atoms with E-state index in [2.05, 4.69) is 39.5 Å².